The van der Waals surface area contributed by atoms with Gasteiger partial charge in [0.1, 0.15) is 22.3 Å². The van der Waals surface area contributed by atoms with E-state index in [1.54, 1.807) is 0 Å². The highest BCUT2D eigenvalue weighted by Gasteiger charge is 2.20. The number of nitrogens with zero attached hydrogens (tertiary/aromatic N) is 4. The zero-order valence-corrected chi connectivity index (χ0v) is 30.4. The summed E-state index contributed by atoms with van der Waals surface area (Å²) in [6.07, 6.45) is 0. The Bertz CT molecular complexity index is 3530. The van der Waals surface area contributed by atoms with Gasteiger partial charge in [-0.1, -0.05) is 133 Å². The number of fused-ring (bicyclic) bond motifs is 9. The maximum atomic E-state index is 6.58. The van der Waals surface area contributed by atoms with Crippen LogP contribution in [0.1, 0.15) is 0 Å². The Kier molecular flexibility index (Phi) is 6.83. The lowest BCUT2D eigenvalue weighted by molar-refractivity contribution is 0.668. The molecule has 8 aromatic carbocycles. The van der Waals surface area contributed by atoms with Crippen LogP contribution in [0.5, 0.6) is 0 Å². The average molecular weight is 731 g/mol. The van der Waals surface area contributed by atoms with Gasteiger partial charge < -0.3 is 13.4 Å². The topological polar surface area (TPSA) is 69.9 Å². The molecule has 4 heterocycles. The number of hydrogen-bond donors (Lipinski definition) is 0. The van der Waals surface area contributed by atoms with E-state index in [0.717, 1.165) is 99.2 Å². The Morgan fingerprint density at radius 3 is 1.84 bits per heavy atom. The summed E-state index contributed by atoms with van der Waals surface area (Å²) in [5, 5.41) is 6.58. The molecule has 0 atom stereocenters. The Morgan fingerprint density at radius 1 is 0.351 bits per heavy atom. The molecule has 4 aromatic heterocycles. The highest BCUT2D eigenvalue weighted by molar-refractivity contribution is 6.14. The van der Waals surface area contributed by atoms with Crippen molar-refractivity contribution in [3.05, 3.63) is 182 Å². The first-order valence-electron chi connectivity index (χ1n) is 19.0. The minimum atomic E-state index is 0.550. The predicted octanol–water partition coefficient (Wildman–Crippen LogP) is 13.4. The van der Waals surface area contributed by atoms with Crippen LogP contribution >= 0.6 is 0 Å². The second kappa shape index (κ2) is 12.3. The standard InChI is InChI=1S/C51H30N4O2/c1-3-13-31(14-4-1)35-19-12-24-45-47(35)40-28-26-34(30-46(40)56-45)55-42-22-9-7-17-36(42)37-27-25-33(29-43(37)55)50-52-49(32-15-5-2-6-16-32)53-51(54-50)41-21-11-20-39-38-18-8-10-23-44(38)57-48(39)41/h1-30H. The number of benzene rings is 8. The molecule has 0 radical (unpaired) electrons. The number of para-hydroxylation sites is 3. The van der Waals surface area contributed by atoms with Crippen molar-refractivity contribution in [1.29, 1.82) is 0 Å². The third-order valence-corrected chi connectivity index (χ3v) is 11.1. The summed E-state index contributed by atoms with van der Waals surface area (Å²) in [6.45, 7) is 0. The molecule has 0 fully saturated rings. The van der Waals surface area contributed by atoms with Crippen LogP contribution < -0.4 is 0 Å². The van der Waals surface area contributed by atoms with E-state index in [9.17, 15) is 0 Å². The van der Waals surface area contributed by atoms with Gasteiger partial charge in [0.05, 0.1) is 16.6 Å². The zero-order chi connectivity index (χ0) is 37.5. The first kappa shape index (κ1) is 31.5. The molecule has 57 heavy (non-hydrogen) atoms. The molecular weight excluding hydrogens is 701 g/mol. The van der Waals surface area contributed by atoms with Gasteiger partial charge in [0.25, 0.3) is 0 Å². The molecule has 0 saturated heterocycles. The molecule has 0 aliphatic heterocycles. The third-order valence-electron chi connectivity index (χ3n) is 11.1. The van der Waals surface area contributed by atoms with Crippen LogP contribution in [0.4, 0.5) is 0 Å². The molecule has 0 spiro atoms. The number of rotatable bonds is 5. The van der Waals surface area contributed by atoms with Crippen LogP contribution in [0.2, 0.25) is 0 Å². The molecule has 0 aliphatic carbocycles. The number of furan rings is 2. The summed E-state index contributed by atoms with van der Waals surface area (Å²) in [5.74, 6) is 1.72. The molecule has 266 valence electrons. The maximum Gasteiger partial charge on any atom is 0.167 e. The van der Waals surface area contributed by atoms with E-state index in [4.69, 9.17) is 23.8 Å². The Labute approximate surface area is 325 Å². The fourth-order valence-electron chi connectivity index (χ4n) is 8.46. The normalized spacial score (nSPS) is 11.9. The first-order chi connectivity index (χ1) is 28.2. The van der Waals surface area contributed by atoms with Gasteiger partial charge in [0, 0.05) is 55.2 Å². The summed E-state index contributed by atoms with van der Waals surface area (Å²) in [4.78, 5) is 15.3. The lowest BCUT2D eigenvalue weighted by Gasteiger charge is -2.11. The summed E-state index contributed by atoms with van der Waals surface area (Å²) in [6, 6.07) is 62.7. The highest BCUT2D eigenvalue weighted by atomic mass is 16.3. The van der Waals surface area contributed by atoms with Crippen molar-refractivity contribution in [3.8, 4) is 51.0 Å². The molecule has 0 unspecified atom stereocenters. The van der Waals surface area contributed by atoms with Gasteiger partial charge in [-0.25, -0.2) is 15.0 Å². The number of hydrogen-bond acceptors (Lipinski definition) is 5. The van der Waals surface area contributed by atoms with Crippen LogP contribution in [0, 0.1) is 0 Å². The highest BCUT2D eigenvalue weighted by Crippen LogP contribution is 2.40. The first-order valence-corrected chi connectivity index (χ1v) is 19.0. The quantitative estimate of drug-likeness (QED) is 0.176. The molecule has 6 heteroatoms. The maximum absolute atomic E-state index is 6.58. The molecule has 0 saturated carbocycles. The predicted molar refractivity (Wildman–Crippen MR) is 230 cm³/mol. The van der Waals surface area contributed by atoms with Crippen molar-refractivity contribution < 1.29 is 8.83 Å². The van der Waals surface area contributed by atoms with Crippen molar-refractivity contribution >= 4 is 65.7 Å². The van der Waals surface area contributed by atoms with Crippen LogP contribution in [-0.2, 0) is 0 Å². The van der Waals surface area contributed by atoms with E-state index >= 15 is 0 Å². The SMILES string of the molecule is c1ccc(-c2nc(-c3ccc4c5ccccc5n(-c5ccc6c(c5)oc5cccc(-c7ccccc7)c56)c4c3)nc(-c3cccc4c3oc3ccccc34)n2)cc1. The summed E-state index contributed by atoms with van der Waals surface area (Å²) >= 11 is 0. The fourth-order valence-corrected chi connectivity index (χ4v) is 8.46. The second-order valence-electron chi connectivity index (χ2n) is 14.4. The molecule has 6 nitrogen and oxygen atoms in total. The minimum Gasteiger partial charge on any atom is -0.456 e. The molecule has 0 bridgehead atoms. The Balaban J connectivity index is 1.06. The van der Waals surface area contributed by atoms with Gasteiger partial charge in [-0.3, -0.25) is 0 Å². The largest absolute Gasteiger partial charge is 0.456 e. The summed E-state index contributed by atoms with van der Waals surface area (Å²) < 4.78 is 15.3. The van der Waals surface area contributed by atoms with Crippen molar-refractivity contribution in [3.63, 3.8) is 0 Å². The lowest BCUT2D eigenvalue weighted by atomic mass is 9.99. The monoisotopic (exact) mass is 730 g/mol. The Morgan fingerprint density at radius 2 is 0.982 bits per heavy atom. The van der Waals surface area contributed by atoms with E-state index in [1.165, 1.54) is 0 Å². The lowest BCUT2D eigenvalue weighted by Crippen LogP contribution is -2.00. The smallest absolute Gasteiger partial charge is 0.167 e. The van der Waals surface area contributed by atoms with Crippen LogP contribution in [0.25, 0.3) is 117 Å². The van der Waals surface area contributed by atoms with E-state index in [-0.39, 0.29) is 0 Å². The third kappa shape index (κ3) is 4.94. The van der Waals surface area contributed by atoms with Crippen molar-refractivity contribution in [2.45, 2.75) is 0 Å². The van der Waals surface area contributed by atoms with Gasteiger partial charge in [-0.15, -0.1) is 0 Å². The van der Waals surface area contributed by atoms with Crippen LogP contribution in [0.15, 0.2) is 191 Å². The molecular formula is C51H30N4O2. The minimum absolute atomic E-state index is 0.550. The summed E-state index contributed by atoms with van der Waals surface area (Å²) in [5.41, 5.74) is 11.3. The van der Waals surface area contributed by atoms with Crippen LogP contribution in [0.3, 0.4) is 0 Å². The molecule has 12 aromatic rings. The van der Waals surface area contributed by atoms with Gasteiger partial charge in [0.15, 0.2) is 17.5 Å². The van der Waals surface area contributed by atoms with Gasteiger partial charge in [0.2, 0.25) is 0 Å². The summed E-state index contributed by atoms with van der Waals surface area (Å²) in [7, 11) is 0. The molecule has 0 amide bonds. The second-order valence-corrected chi connectivity index (χ2v) is 14.4. The van der Waals surface area contributed by atoms with E-state index in [2.05, 4.69) is 120 Å². The van der Waals surface area contributed by atoms with Crippen molar-refractivity contribution in [2.24, 2.45) is 0 Å². The van der Waals surface area contributed by atoms with Crippen molar-refractivity contribution in [2.75, 3.05) is 0 Å². The molecule has 0 N–H and O–H groups in total. The number of aromatic nitrogens is 4. The van der Waals surface area contributed by atoms with Crippen LogP contribution in [-0.4, -0.2) is 19.5 Å². The molecule has 0 aliphatic rings. The van der Waals surface area contributed by atoms with Gasteiger partial charge in [-0.05, 0) is 53.6 Å². The van der Waals surface area contributed by atoms with E-state index in [0.29, 0.717) is 17.5 Å². The van der Waals surface area contributed by atoms with Gasteiger partial charge in [-0.2, -0.15) is 0 Å². The van der Waals surface area contributed by atoms with Crippen molar-refractivity contribution in [1.82, 2.24) is 19.5 Å². The average Bonchev–Trinajstić information content (AvgIpc) is 3.96. The zero-order valence-electron chi connectivity index (χ0n) is 30.4. The Hall–Kier alpha value is -7.83. The fraction of sp³-hybridized carbons (Fsp3) is 0. The van der Waals surface area contributed by atoms with Gasteiger partial charge >= 0.3 is 0 Å². The van der Waals surface area contributed by atoms with E-state index < -0.39 is 0 Å². The van der Waals surface area contributed by atoms with E-state index in [1.807, 2.05) is 66.7 Å². The molecule has 12 rings (SSSR count).